The van der Waals surface area contributed by atoms with Crippen LogP contribution >= 0.6 is 0 Å². The molecule has 0 radical (unpaired) electrons. The maximum absolute atomic E-state index is 11.3. The monoisotopic (exact) mass is 260 g/mol. The highest BCUT2D eigenvalue weighted by Gasteiger charge is 2.48. The van der Waals surface area contributed by atoms with Gasteiger partial charge in [-0.3, -0.25) is 4.79 Å². The summed E-state index contributed by atoms with van der Waals surface area (Å²) in [4.78, 5) is 14.6. The Bertz CT molecular complexity index is 549. The maximum atomic E-state index is 11.3. The molecular formula is C9H12N2O5S. The Morgan fingerprint density at radius 1 is 1.59 bits per heavy atom. The van der Waals surface area contributed by atoms with Gasteiger partial charge in [-0.1, -0.05) is 5.16 Å². The van der Waals surface area contributed by atoms with Crippen LogP contribution in [0.1, 0.15) is 36.2 Å². The Morgan fingerprint density at radius 2 is 2.24 bits per heavy atom. The van der Waals surface area contributed by atoms with Crippen molar-refractivity contribution < 1.29 is 22.8 Å². The summed E-state index contributed by atoms with van der Waals surface area (Å²) in [5.74, 6) is -1.37. The first-order valence-electron chi connectivity index (χ1n) is 5.06. The molecule has 3 atom stereocenters. The average molecular weight is 260 g/mol. The van der Waals surface area contributed by atoms with E-state index in [9.17, 15) is 13.2 Å². The van der Waals surface area contributed by atoms with Crippen molar-refractivity contribution in [1.82, 2.24) is 10.1 Å². The molecule has 1 saturated carbocycles. The molecule has 1 aromatic heterocycles. The smallest absolute Gasteiger partial charge is 0.307 e. The predicted molar refractivity (Wildman–Crippen MR) is 56.0 cm³/mol. The molecule has 94 valence electrons. The molecule has 1 heterocycles. The number of aromatic nitrogens is 2. The van der Waals surface area contributed by atoms with Crippen molar-refractivity contribution in [2.45, 2.75) is 24.5 Å². The Kier molecular flexibility index (Phi) is 2.69. The largest absolute Gasteiger partial charge is 0.481 e. The highest BCUT2D eigenvalue weighted by atomic mass is 32.2. The molecule has 7 nitrogen and oxygen atoms in total. The lowest BCUT2D eigenvalue weighted by molar-refractivity contribution is -0.138. The Morgan fingerprint density at radius 3 is 2.71 bits per heavy atom. The number of nitrogens with zero attached hydrogens (tertiary/aromatic N) is 2. The van der Waals surface area contributed by atoms with Gasteiger partial charge < -0.3 is 9.63 Å². The van der Waals surface area contributed by atoms with E-state index in [1.807, 2.05) is 0 Å². The van der Waals surface area contributed by atoms with E-state index in [1.54, 1.807) is 0 Å². The van der Waals surface area contributed by atoms with Crippen molar-refractivity contribution in [2.75, 3.05) is 6.26 Å². The number of hydrogen-bond acceptors (Lipinski definition) is 6. The van der Waals surface area contributed by atoms with Gasteiger partial charge in [0.05, 0.1) is 11.8 Å². The molecule has 3 unspecified atom stereocenters. The van der Waals surface area contributed by atoms with E-state index in [0.717, 1.165) is 6.26 Å². The van der Waals surface area contributed by atoms with Crippen LogP contribution in [0.25, 0.3) is 0 Å². The standard InChI is InChI=1S/C9H12N2O5S/c1-4(17(2,14)15)7-10-8(16-11-7)5-3-6(5)9(12)13/h4-6H,3H2,1-2H3,(H,12,13). The quantitative estimate of drug-likeness (QED) is 0.832. The zero-order valence-electron chi connectivity index (χ0n) is 9.32. The van der Waals surface area contributed by atoms with Crippen LogP contribution in [-0.4, -0.2) is 35.9 Å². The molecule has 0 saturated heterocycles. The van der Waals surface area contributed by atoms with Gasteiger partial charge in [-0.05, 0) is 13.3 Å². The van der Waals surface area contributed by atoms with Crippen LogP contribution in [-0.2, 0) is 14.6 Å². The molecule has 0 amide bonds. The molecule has 0 spiro atoms. The van der Waals surface area contributed by atoms with E-state index < -0.39 is 27.0 Å². The third-order valence-electron chi connectivity index (χ3n) is 2.89. The third kappa shape index (κ3) is 2.31. The summed E-state index contributed by atoms with van der Waals surface area (Å²) in [6.07, 6.45) is 1.55. The molecule has 1 aromatic rings. The third-order valence-corrected chi connectivity index (χ3v) is 4.38. The maximum Gasteiger partial charge on any atom is 0.307 e. The summed E-state index contributed by atoms with van der Waals surface area (Å²) in [5.41, 5.74) is 0. The normalized spacial score (nSPS) is 25.5. The first kappa shape index (κ1) is 12.0. The minimum absolute atomic E-state index is 0.0820. The van der Waals surface area contributed by atoms with Gasteiger partial charge in [0, 0.05) is 6.26 Å². The zero-order chi connectivity index (χ0) is 12.8. The highest BCUT2D eigenvalue weighted by Crippen LogP contribution is 2.46. The Hall–Kier alpha value is -1.44. The topological polar surface area (TPSA) is 110 Å². The summed E-state index contributed by atoms with van der Waals surface area (Å²) in [6, 6.07) is 0. The van der Waals surface area contributed by atoms with E-state index in [1.165, 1.54) is 6.92 Å². The van der Waals surface area contributed by atoms with E-state index in [0.29, 0.717) is 6.42 Å². The molecule has 1 N–H and O–H groups in total. The van der Waals surface area contributed by atoms with Crippen molar-refractivity contribution in [3.8, 4) is 0 Å². The van der Waals surface area contributed by atoms with E-state index >= 15 is 0 Å². The molecule has 0 bridgehead atoms. The van der Waals surface area contributed by atoms with Gasteiger partial charge >= 0.3 is 5.97 Å². The molecule has 0 aliphatic heterocycles. The van der Waals surface area contributed by atoms with Crippen LogP contribution in [0.3, 0.4) is 0 Å². The zero-order valence-corrected chi connectivity index (χ0v) is 10.1. The van der Waals surface area contributed by atoms with E-state index in [2.05, 4.69) is 10.1 Å². The Labute approximate surface area is 97.7 Å². The van der Waals surface area contributed by atoms with Crippen molar-refractivity contribution in [3.05, 3.63) is 11.7 Å². The first-order chi connectivity index (χ1) is 7.80. The number of rotatable bonds is 4. The predicted octanol–water partition coefficient (Wildman–Crippen LogP) is 0.363. The van der Waals surface area contributed by atoms with Crippen molar-refractivity contribution in [1.29, 1.82) is 0 Å². The highest BCUT2D eigenvalue weighted by molar-refractivity contribution is 7.90. The molecular weight excluding hydrogens is 248 g/mol. The SMILES string of the molecule is CC(c1noc(C2CC2C(=O)O)n1)S(C)(=O)=O. The fraction of sp³-hybridized carbons (Fsp3) is 0.667. The average Bonchev–Trinajstić information content (AvgIpc) is 2.87. The van der Waals surface area contributed by atoms with Gasteiger partial charge in [0.25, 0.3) is 0 Å². The van der Waals surface area contributed by atoms with Crippen LogP contribution in [0.15, 0.2) is 4.52 Å². The number of sulfone groups is 1. The van der Waals surface area contributed by atoms with Gasteiger partial charge in [0.1, 0.15) is 5.25 Å². The van der Waals surface area contributed by atoms with Crippen molar-refractivity contribution in [3.63, 3.8) is 0 Å². The number of aliphatic carboxylic acids is 1. The Balaban J connectivity index is 2.16. The minimum Gasteiger partial charge on any atom is -0.481 e. The van der Waals surface area contributed by atoms with Crippen LogP contribution in [0.4, 0.5) is 0 Å². The second-order valence-corrected chi connectivity index (χ2v) is 6.62. The van der Waals surface area contributed by atoms with Gasteiger partial charge in [-0.25, -0.2) is 8.42 Å². The molecule has 1 aliphatic carbocycles. The number of hydrogen-bond donors (Lipinski definition) is 1. The lowest BCUT2D eigenvalue weighted by Gasteiger charge is -2.01. The molecule has 0 aromatic carbocycles. The molecule has 8 heteroatoms. The van der Waals surface area contributed by atoms with Gasteiger partial charge in [0.2, 0.25) is 5.89 Å². The number of carboxylic acid groups (broad SMARTS) is 1. The fourth-order valence-electron chi connectivity index (χ4n) is 1.50. The molecule has 1 fully saturated rings. The van der Waals surface area contributed by atoms with E-state index in [4.69, 9.17) is 9.63 Å². The summed E-state index contributed by atoms with van der Waals surface area (Å²) < 4.78 is 27.5. The lowest BCUT2D eigenvalue weighted by Crippen LogP contribution is -2.09. The van der Waals surface area contributed by atoms with Crippen LogP contribution in [0.5, 0.6) is 0 Å². The summed E-state index contributed by atoms with van der Waals surface area (Å²) in [7, 11) is -3.28. The van der Waals surface area contributed by atoms with Crippen LogP contribution in [0.2, 0.25) is 0 Å². The minimum atomic E-state index is -3.28. The fourth-order valence-corrected chi connectivity index (χ4v) is 1.97. The second-order valence-electron chi connectivity index (χ2n) is 4.25. The van der Waals surface area contributed by atoms with Crippen LogP contribution in [0, 0.1) is 5.92 Å². The van der Waals surface area contributed by atoms with Gasteiger partial charge in [0.15, 0.2) is 15.7 Å². The lowest BCUT2D eigenvalue weighted by atomic mass is 10.3. The van der Waals surface area contributed by atoms with Gasteiger partial charge in [-0.2, -0.15) is 4.98 Å². The number of carbonyl (C=O) groups is 1. The summed E-state index contributed by atoms with van der Waals surface area (Å²) >= 11 is 0. The van der Waals surface area contributed by atoms with Gasteiger partial charge in [-0.15, -0.1) is 0 Å². The van der Waals surface area contributed by atoms with E-state index in [-0.39, 0.29) is 17.6 Å². The second kappa shape index (κ2) is 3.80. The first-order valence-corrected chi connectivity index (χ1v) is 7.01. The van der Waals surface area contributed by atoms with Crippen molar-refractivity contribution in [2.24, 2.45) is 5.92 Å². The van der Waals surface area contributed by atoms with Crippen molar-refractivity contribution >= 4 is 15.8 Å². The summed E-state index contributed by atoms with van der Waals surface area (Å²) in [5, 5.41) is 11.5. The van der Waals surface area contributed by atoms with Crippen LogP contribution < -0.4 is 0 Å². The molecule has 17 heavy (non-hydrogen) atoms. The number of carboxylic acids is 1. The summed E-state index contributed by atoms with van der Waals surface area (Å²) in [6.45, 7) is 1.46. The molecule has 1 aliphatic rings. The molecule has 2 rings (SSSR count).